The minimum atomic E-state index is -0.317. The Kier molecular flexibility index (Phi) is 4.19. The van der Waals surface area contributed by atoms with Gasteiger partial charge in [-0.2, -0.15) is 0 Å². The minimum Gasteiger partial charge on any atom is -0.352 e. The highest BCUT2D eigenvalue weighted by molar-refractivity contribution is 5.88. The van der Waals surface area contributed by atoms with E-state index in [1.807, 2.05) is 18.2 Å². The molecule has 18 heavy (non-hydrogen) atoms. The first-order valence-corrected chi connectivity index (χ1v) is 6.74. The zero-order valence-electron chi connectivity index (χ0n) is 10.8. The van der Waals surface area contributed by atoms with Crippen LogP contribution in [0.25, 0.3) is 0 Å². The standard InChI is InChI=1S/C16H21NO/c1-2-13-17-15(18)16(11-7-4-8-12-16)14-9-5-3-6-10-14/h2-3,5-6,9-10H,1,4,7-8,11-13H2,(H,17,18). The molecule has 1 fully saturated rings. The molecule has 1 aromatic rings. The maximum atomic E-state index is 12.5. The maximum absolute atomic E-state index is 12.5. The van der Waals surface area contributed by atoms with E-state index in [1.54, 1.807) is 6.08 Å². The number of carbonyl (C=O) groups excluding carboxylic acids is 1. The number of nitrogens with one attached hydrogen (secondary N) is 1. The van der Waals surface area contributed by atoms with Gasteiger partial charge in [0.2, 0.25) is 5.91 Å². The van der Waals surface area contributed by atoms with E-state index in [9.17, 15) is 4.79 Å². The average Bonchev–Trinajstić information content (AvgIpc) is 2.46. The molecular formula is C16H21NO. The molecule has 1 amide bonds. The summed E-state index contributed by atoms with van der Waals surface area (Å²) in [6, 6.07) is 10.2. The third kappa shape index (κ3) is 2.47. The van der Waals surface area contributed by atoms with Crippen molar-refractivity contribution in [3.05, 3.63) is 48.6 Å². The van der Waals surface area contributed by atoms with E-state index in [1.165, 1.54) is 6.42 Å². The number of amides is 1. The number of rotatable bonds is 4. The molecular weight excluding hydrogens is 222 g/mol. The summed E-state index contributed by atoms with van der Waals surface area (Å²) in [6.45, 7) is 4.21. The van der Waals surface area contributed by atoms with Gasteiger partial charge < -0.3 is 5.32 Å². The predicted octanol–water partition coefficient (Wildman–Crippen LogP) is 3.19. The highest BCUT2D eigenvalue weighted by Crippen LogP contribution is 2.39. The largest absolute Gasteiger partial charge is 0.352 e. The van der Waals surface area contributed by atoms with Crippen molar-refractivity contribution in [2.45, 2.75) is 37.5 Å². The van der Waals surface area contributed by atoms with Gasteiger partial charge in [-0.3, -0.25) is 4.79 Å². The second-order valence-corrected chi connectivity index (χ2v) is 5.01. The molecule has 0 bridgehead atoms. The molecule has 0 spiro atoms. The lowest BCUT2D eigenvalue weighted by Crippen LogP contribution is -2.45. The zero-order valence-corrected chi connectivity index (χ0v) is 10.8. The van der Waals surface area contributed by atoms with Gasteiger partial charge in [-0.15, -0.1) is 6.58 Å². The molecule has 1 aliphatic carbocycles. The molecule has 0 aromatic heterocycles. The molecule has 2 nitrogen and oxygen atoms in total. The average molecular weight is 243 g/mol. The Hall–Kier alpha value is -1.57. The molecule has 1 N–H and O–H groups in total. The lowest BCUT2D eigenvalue weighted by molar-refractivity contribution is -0.127. The maximum Gasteiger partial charge on any atom is 0.230 e. The Morgan fingerprint density at radius 3 is 2.50 bits per heavy atom. The predicted molar refractivity (Wildman–Crippen MR) is 74.4 cm³/mol. The SMILES string of the molecule is C=CCNC(=O)C1(c2ccccc2)CCCCC1. The van der Waals surface area contributed by atoms with Gasteiger partial charge in [0.25, 0.3) is 0 Å². The second kappa shape index (κ2) is 5.85. The Morgan fingerprint density at radius 2 is 1.89 bits per heavy atom. The summed E-state index contributed by atoms with van der Waals surface area (Å²) >= 11 is 0. The molecule has 0 heterocycles. The van der Waals surface area contributed by atoms with Crippen LogP contribution in [0.5, 0.6) is 0 Å². The second-order valence-electron chi connectivity index (χ2n) is 5.01. The molecule has 96 valence electrons. The first-order valence-electron chi connectivity index (χ1n) is 6.74. The molecule has 0 radical (unpaired) electrons. The first kappa shape index (κ1) is 12.9. The normalized spacial score (nSPS) is 18.0. The van der Waals surface area contributed by atoms with Crippen molar-refractivity contribution in [1.82, 2.24) is 5.32 Å². The molecule has 1 aliphatic rings. The van der Waals surface area contributed by atoms with Gasteiger partial charge in [-0.05, 0) is 18.4 Å². The summed E-state index contributed by atoms with van der Waals surface area (Å²) in [5.74, 6) is 0.160. The van der Waals surface area contributed by atoms with Gasteiger partial charge in [-0.1, -0.05) is 55.7 Å². The van der Waals surface area contributed by atoms with E-state index in [2.05, 4.69) is 24.0 Å². The number of hydrogen-bond acceptors (Lipinski definition) is 1. The topological polar surface area (TPSA) is 29.1 Å². The van der Waals surface area contributed by atoms with E-state index in [-0.39, 0.29) is 11.3 Å². The summed E-state index contributed by atoms with van der Waals surface area (Å²) in [5.41, 5.74) is 0.842. The third-order valence-electron chi connectivity index (χ3n) is 3.88. The fourth-order valence-corrected chi connectivity index (χ4v) is 2.89. The van der Waals surface area contributed by atoms with Crippen LogP contribution in [0, 0.1) is 0 Å². The third-order valence-corrected chi connectivity index (χ3v) is 3.88. The van der Waals surface area contributed by atoms with Crippen LogP contribution in [-0.4, -0.2) is 12.5 Å². The molecule has 1 saturated carbocycles. The Labute approximate surface area is 109 Å². The van der Waals surface area contributed by atoms with Gasteiger partial charge in [-0.25, -0.2) is 0 Å². The van der Waals surface area contributed by atoms with E-state index in [0.29, 0.717) is 6.54 Å². The minimum absolute atomic E-state index is 0.160. The van der Waals surface area contributed by atoms with Crippen LogP contribution in [0.2, 0.25) is 0 Å². The molecule has 0 saturated heterocycles. The number of benzene rings is 1. The van der Waals surface area contributed by atoms with Crippen LogP contribution < -0.4 is 5.32 Å². The van der Waals surface area contributed by atoms with Crippen LogP contribution in [-0.2, 0) is 10.2 Å². The van der Waals surface area contributed by atoms with Crippen LogP contribution in [0.4, 0.5) is 0 Å². The van der Waals surface area contributed by atoms with Crippen LogP contribution >= 0.6 is 0 Å². The molecule has 0 aliphatic heterocycles. The lowest BCUT2D eigenvalue weighted by Gasteiger charge is -2.36. The van der Waals surface area contributed by atoms with Crippen molar-refractivity contribution in [1.29, 1.82) is 0 Å². The molecule has 1 aromatic carbocycles. The summed E-state index contributed by atoms with van der Waals surface area (Å²) in [7, 11) is 0. The van der Waals surface area contributed by atoms with E-state index < -0.39 is 0 Å². The van der Waals surface area contributed by atoms with Gasteiger partial charge in [0.15, 0.2) is 0 Å². The van der Waals surface area contributed by atoms with Crippen molar-refractivity contribution in [3.63, 3.8) is 0 Å². The van der Waals surface area contributed by atoms with Crippen LogP contribution in [0.1, 0.15) is 37.7 Å². The molecule has 0 unspecified atom stereocenters. The smallest absolute Gasteiger partial charge is 0.230 e. The van der Waals surface area contributed by atoms with Crippen molar-refractivity contribution < 1.29 is 4.79 Å². The fraction of sp³-hybridized carbons (Fsp3) is 0.438. The van der Waals surface area contributed by atoms with Gasteiger partial charge in [0, 0.05) is 6.54 Å². The number of carbonyl (C=O) groups is 1. The molecule has 2 rings (SSSR count). The Morgan fingerprint density at radius 1 is 1.22 bits per heavy atom. The van der Waals surface area contributed by atoms with Crippen molar-refractivity contribution >= 4 is 5.91 Å². The monoisotopic (exact) mass is 243 g/mol. The quantitative estimate of drug-likeness (QED) is 0.808. The van der Waals surface area contributed by atoms with Gasteiger partial charge >= 0.3 is 0 Å². The number of hydrogen-bond donors (Lipinski definition) is 1. The van der Waals surface area contributed by atoms with Crippen molar-refractivity contribution in [2.75, 3.05) is 6.54 Å². The van der Waals surface area contributed by atoms with Crippen molar-refractivity contribution in [3.8, 4) is 0 Å². The fourth-order valence-electron chi connectivity index (χ4n) is 2.89. The van der Waals surface area contributed by atoms with E-state index >= 15 is 0 Å². The summed E-state index contributed by atoms with van der Waals surface area (Å²) in [4.78, 5) is 12.5. The highest BCUT2D eigenvalue weighted by Gasteiger charge is 2.40. The summed E-state index contributed by atoms with van der Waals surface area (Å²) in [5, 5.41) is 2.98. The lowest BCUT2D eigenvalue weighted by atomic mass is 9.68. The van der Waals surface area contributed by atoms with Crippen molar-refractivity contribution in [2.24, 2.45) is 0 Å². The Balaban J connectivity index is 2.28. The molecule has 2 heteroatoms. The summed E-state index contributed by atoms with van der Waals surface area (Å²) < 4.78 is 0. The Bertz CT molecular complexity index is 404. The highest BCUT2D eigenvalue weighted by atomic mass is 16.2. The van der Waals surface area contributed by atoms with E-state index in [4.69, 9.17) is 0 Å². The molecule has 0 atom stereocenters. The van der Waals surface area contributed by atoms with Crippen LogP contribution in [0.15, 0.2) is 43.0 Å². The zero-order chi connectivity index (χ0) is 12.8. The van der Waals surface area contributed by atoms with Crippen LogP contribution in [0.3, 0.4) is 0 Å². The summed E-state index contributed by atoms with van der Waals surface area (Å²) in [6.07, 6.45) is 7.16. The first-order chi connectivity index (χ1) is 8.79. The van der Waals surface area contributed by atoms with Gasteiger partial charge in [0.05, 0.1) is 5.41 Å². The van der Waals surface area contributed by atoms with E-state index in [0.717, 1.165) is 31.2 Å². The van der Waals surface area contributed by atoms with Gasteiger partial charge in [0.1, 0.15) is 0 Å².